The van der Waals surface area contributed by atoms with E-state index in [0.29, 0.717) is 6.54 Å². The van der Waals surface area contributed by atoms with Crippen LogP contribution >= 0.6 is 11.8 Å². The quantitative estimate of drug-likeness (QED) is 0.692. The number of nitrogens with one attached hydrogen (secondary N) is 2. The molecule has 2 aromatic carbocycles. The first kappa shape index (κ1) is 21.0. The molecule has 0 aliphatic heterocycles. The van der Waals surface area contributed by atoms with E-state index >= 15 is 0 Å². The molecular weight excluding hydrogens is 358 g/mol. The number of hydrogen-bond acceptors (Lipinski definition) is 4. The number of likely N-dealkylation sites (N-methyl/N-ethyl adjacent to an activating group) is 1. The average Bonchev–Trinajstić information content (AvgIpc) is 2.63. The van der Waals surface area contributed by atoms with Crippen LogP contribution in [0, 0.1) is 0 Å². The van der Waals surface area contributed by atoms with Crippen molar-refractivity contribution in [2.45, 2.75) is 36.6 Å². The normalized spacial score (nSPS) is 10.9. The van der Waals surface area contributed by atoms with E-state index in [9.17, 15) is 9.59 Å². The zero-order valence-electron chi connectivity index (χ0n) is 16.1. The van der Waals surface area contributed by atoms with Gasteiger partial charge in [0.1, 0.15) is 0 Å². The summed E-state index contributed by atoms with van der Waals surface area (Å²) in [7, 11) is 0. The lowest BCUT2D eigenvalue weighted by molar-refractivity contribution is -0.123. The highest BCUT2D eigenvalue weighted by molar-refractivity contribution is 7.99. The third-order valence-electron chi connectivity index (χ3n) is 3.76. The summed E-state index contributed by atoms with van der Waals surface area (Å²) in [5.41, 5.74) is 0.777. The molecule has 0 unspecified atom stereocenters. The summed E-state index contributed by atoms with van der Waals surface area (Å²) in [6, 6.07) is 17.9. The van der Waals surface area contributed by atoms with E-state index in [1.54, 1.807) is 11.8 Å². The molecule has 0 atom stereocenters. The maximum absolute atomic E-state index is 12.5. The molecule has 0 heterocycles. The van der Waals surface area contributed by atoms with Crippen molar-refractivity contribution in [3.05, 3.63) is 54.6 Å². The number of amides is 2. The summed E-state index contributed by atoms with van der Waals surface area (Å²) in [5, 5.41) is 5.83. The Kier molecular flexibility index (Phi) is 8.36. The van der Waals surface area contributed by atoms with E-state index in [1.807, 2.05) is 80.3 Å². The highest BCUT2D eigenvalue weighted by atomic mass is 32.2. The Balaban J connectivity index is 1.97. The van der Waals surface area contributed by atoms with Crippen molar-refractivity contribution < 1.29 is 9.59 Å². The lowest BCUT2D eigenvalue weighted by atomic mass is 10.3. The van der Waals surface area contributed by atoms with Crippen LogP contribution in [-0.4, -0.2) is 42.4 Å². The molecule has 0 aliphatic rings. The number of benzene rings is 2. The van der Waals surface area contributed by atoms with Gasteiger partial charge < -0.3 is 10.6 Å². The molecule has 144 valence electrons. The van der Waals surface area contributed by atoms with Crippen LogP contribution in [0.5, 0.6) is 0 Å². The Morgan fingerprint density at radius 3 is 2.26 bits per heavy atom. The number of carbonyl (C=O) groups is 2. The first-order valence-electron chi connectivity index (χ1n) is 9.11. The smallest absolute Gasteiger partial charge is 0.238 e. The monoisotopic (exact) mass is 385 g/mol. The minimum atomic E-state index is -0.129. The van der Waals surface area contributed by atoms with Crippen molar-refractivity contribution in [1.29, 1.82) is 0 Å². The van der Waals surface area contributed by atoms with E-state index in [4.69, 9.17) is 0 Å². The SMILES string of the molecule is CCN(CC(=O)Nc1ccccc1Sc1ccccc1)CC(=O)NC(C)C. The molecule has 0 bridgehead atoms. The van der Waals surface area contributed by atoms with Crippen molar-refractivity contribution in [1.82, 2.24) is 10.2 Å². The molecule has 0 saturated carbocycles. The lowest BCUT2D eigenvalue weighted by Gasteiger charge is -2.20. The van der Waals surface area contributed by atoms with Gasteiger partial charge >= 0.3 is 0 Å². The molecule has 2 rings (SSSR count). The van der Waals surface area contributed by atoms with E-state index in [1.165, 1.54) is 0 Å². The molecule has 0 saturated heterocycles. The summed E-state index contributed by atoms with van der Waals surface area (Å²) in [4.78, 5) is 28.3. The Hall–Kier alpha value is -2.31. The van der Waals surface area contributed by atoms with Gasteiger partial charge in [-0.25, -0.2) is 0 Å². The van der Waals surface area contributed by atoms with Crippen LogP contribution in [0.15, 0.2) is 64.4 Å². The van der Waals surface area contributed by atoms with Gasteiger partial charge in [0.25, 0.3) is 0 Å². The largest absolute Gasteiger partial charge is 0.353 e. The molecule has 2 amide bonds. The highest BCUT2D eigenvalue weighted by Gasteiger charge is 2.15. The molecule has 6 heteroatoms. The fourth-order valence-electron chi connectivity index (χ4n) is 2.52. The van der Waals surface area contributed by atoms with Crippen LogP contribution in [0.1, 0.15) is 20.8 Å². The highest BCUT2D eigenvalue weighted by Crippen LogP contribution is 2.33. The van der Waals surface area contributed by atoms with Crippen LogP contribution in [0.25, 0.3) is 0 Å². The predicted molar refractivity (Wildman–Crippen MR) is 111 cm³/mol. The van der Waals surface area contributed by atoms with E-state index < -0.39 is 0 Å². The number of anilines is 1. The third-order valence-corrected chi connectivity index (χ3v) is 4.85. The lowest BCUT2D eigenvalue weighted by Crippen LogP contribution is -2.42. The Labute approximate surface area is 165 Å². The minimum Gasteiger partial charge on any atom is -0.353 e. The third kappa shape index (κ3) is 7.45. The van der Waals surface area contributed by atoms with Gasteiger partial charge in [0, 0.05) is 15.8 Å². The second kappa shape index (κ2) is 10.7. The van der Waals surface area contributed by atoms with Crippen LogP contribution < -0.4 is 10.6 Å². The van der Waals surface area contributed by atoms with Crippen molar-refractivity contribution >= 4 is 29.3 Å². The zero-order chi connectivity index (χ0) is 19.6. The Bertz CT molecular complexity index is 750. The number of hydrogen-bond donors (Lipinski definition) is 2. The van der Waals surface area contributed by atoms with E-state index in [0.717, 1.165) is 15.5 Å². The van der Waals surface area contributed by atoms with Gasteiger partial charge in [-0.05, 0) is 44.7 Å². The zero-order valence-corrected chi connectivity index (χ0v) is 16.9. The summed E-state index contributed by atoms with van der Waals surface area (Å²) < 4.78 is 0. The maximum Gasteiger partial charge on any atom is 0.238 e. The van der Waals surface area contributed by atoms with Gasteiger partial charge in [-0.1, -0.05) is 49.0 Å². The van der Waals surface area contributed by atoms with Crippen molar-refractivity contribution in [3.8, 4) is 0 Å². The Morgan fingerprint density at radius 2 is 1.59 bits per heavy atom. The van der Waals surface area contributed by atoms with Gasteiger partial charge in [-0.3, -0.25) is 14.5 Å². The van der Waals surface area contributed by atoms with Crippen LogP contribution in [0.2, 0.25) is 0 Å². The molecule has 0 fully saturated rings. The number of nitrogens with zero attached hydrogens (tertiary/aromatic N) is 1. The second-order valence-electron chi connectivity index (χ2n) is 6.48. The van der Waals surface area contributed by atoms with E-state index in [2.05, 4.69) is 10.6 Å². The van der Waals surface area contributed by atoms with Gasteiger partial charge in [-0.2, -0.15) is 0 Å². The molecular formula is C21H27N3O2S. The van der Waals surface area contributed by atoms with Crippen LogP contribution in [0.4, 0.5) is 5.69 Å². The first-order chi connectivity index (χ1) is 13.0. The fourth-order valence-corrected chi connectivity index (χ4v) is 3.44. The minimum absolute atomic E-state index is 0.0697. The Morgan fingerprint density at radius 1 is 0.963 bits per heavy atom. The molecule has 0 spiro atoms. The first-order valence-corrected chi connectivity index (χ1v) is 9.93. The number of rotatable bonds is 9. The van der Waals surface area contributed by atoms with E-state index in [-0.39, 0.29) is 30.9 Å². The van der Waals surface area contributed by atoms with Crippen molar-refractivity contribution in [2.75, 3.05) is 25.0 Å². The molecule has 0 aliphatic carbocycles. The second-order valence-corrected chi connectivity index (χ2v) is 7.60. The predicted octanol–water partition coefficient (Wildman–Crippen LogP) is 3.62. The van der Waals surface area contributed by atoms with Crippen molar-refractivity contribution in [2.24, 2.45) is 0 Å². The van der Waals surface area contributed by atoms with Crippen molar-refractivity contribution in [3.63, 3.8) is 0 Å². The number of para-hydroxylation sites is 1. The topological polar surface area (TPSA) is 61.4 Å². The maximum atomic E-state index is 12.5. The summed E-state index contributed by atoms with van der Waals surface area (Å²) >= 11 is 1.61. The molecule has 0 aromatic heterocycles. The molecule has 27 heavy (non-hydrogen) atoms. The summed E-state index contributed by atoms with van der Waals surface area (Å²) in [6.07, 6.45) is 0. The summed E-state index contributed by atoms with van der Waals surface area (Å²) in [5.74, 6) is -0.199. The molecule has 5 nitrogen and oxygen atoms in total. The number of carbonyl (C=O) groups excluding carboxylic acids is 2. The standard InChI is InChI=1S/C21H27N3O2S/c1-4-24(14-20(25)22-16(2)3)15-21(26)23-18-12-8-9-13-19(18)27-17-10-6-5-7-11-17/h5-13,16H,4,14-15H2,1-3H3,(H,22,25)(H,23,26). The van der Waals surface area contributed by atoms with Crippen LogP contribution in [0.3, 0.4) is 0 Å². The summed E-state index contributed by atoms with van der Waals surface area (Å²) in [6.45, 7) is 6.79. The molecule has 0 radical (unpaired) electrons. The van der Waals surface area contributed by atoms with Gasteiger partial charge in [-0.15, -0.1) is 0 Å². The fraction of sp³-hybridized carbons (Fsp3) is 0.333. The van der Waals surface area contributed by atoms with Gasteiger partial charge in [0.2, 0.25) is 11.8 Å². The molecule has 2 N–H and O–H groups in total. The van der Waals surface area contributed by atoms with Gasteiger partial charge in [0.05, 0.1) is 18.8 Å². The molecule has 2 aromatic rings. The average molecular weight is 386 g/mol. The van der Waals surface area contributed by atoms with Crippen LogP contribution in [-0.2, 0) is 9.59 Å². The van der Waals surface area contributed by atoms with Gasteiger partial charge in [0.15, 0.2) is 0 Å².